The minimum Gasteiger partial charge on any atom is -0.344 e. The Morgan fingerprint density at radius 3 is 2.61 bits per heavy atom. The molecule has 2 rings (SSSR count). The Morgan fingerprint density at radius 2 is 2.00 bits per heavy atom. The maximum atomic E-state index is 12.3. The number of hydrogen-bond donors (Lipinski definition) is 1. The molecule has 0 aromatic rings. The lowest BCUT2D eigenvalue weighted by Gasteiger charge is -2.33. The Kier molecular flexibility index (Phi) is 4.59. The number of likely N-dealkylation sites (N-methyl/N-ethyl adjacent to an activating group) is 2. The first-order valence-corrected chi connectivity index (χ1v) is 6.91. The van der Waals surface area contributed by atoms with E-state index in [0.29, 0.717) is 5.92 Å². The molecule has 5 nitrogen and oxygen atoms in total. The van der Waals surface area contributed by atoms with E-state index < -0.39 is 0 Å². The highest BCUT2D eigenvalue weighted by atomic mass is 16.2. The van der Waals surface area contributed by atoms with Crippen molar-refractivity contribution in [1.82, 2.24) is 20.0 Å². The molecule has 2 atom stereocenters. The predicted octanol–water partition coefficient (Wildman–Crippen LogP) is -0.700. The van der Waals surface area contributed by atoms with Crippen molar-refractivity contribution in [1.29, 1.82) is 0 Å². The van der Waals surface area contributed by atoms with E-state index in [9.17, 15) is 4.79 Å². The van der Waals surface area contributed by atoms with Gasteiger partial charge in [0.05, 0.1) is 6.04 Å². The van der Waals surface area contributed by atoms with Crippen LogP contribution >= 0.6 is 0 Å². The van der Waals surface area contributed by atoms with Gasteiger partial charge in [-0.05, 0) is 33.0 Å². The van der Waals surface area contributed by atoms with E-state index in [2.05, 4.69) is 29.2 Å². The van der Waals surface area contributed by atoms with Gasteiger partial charge in [-0.15, -0.1) is 0 Å². The third-order valence-electron chi connectivity index (χ3n) is 4.07. The van der Waals surface area contributed by atoms with Gasteiger partial charge in [0, 0.05) is 39.8 Å². The summed E-state index contributed by atoms with van der Waals surface area (Å²) in [5.41, 5.74) is 0. The van der Waals surface area contributed by atoms with Gasteiger partial charge in [0.2, 0.25) is 5.91 Å². The molecule has 0 aromatic carbocycles. The lowest BCUT2D eigenvalue weighted by molar-refractivity contribution is -0.133. The van der Waals surface area contributed by atoms with E-state index in [1.165, 1.54) is 6.42 Å². The number of hydrogen-bond acceptors (Lipinski definition) is 4. The second-order valence-electron chi connectivity index (χ2n) is 5.90. The predicted molar refractivity (Wildman–Crippen MR) is 72.5 cm³/mol. The fourth-order valence-corrected chi connectivity index (χ4v) is 2.98. The fourth-order valence-electron chi connectivity index (χ4n) is 2.98. The maximum absolute atomic E-state index is 12.3. The van der Waals surface area contributed by atoms with Gasteiger partial charge in [-0.1, -0.05) is 0 Å². The van der Waals surface area contributed by atoms with Gasteiger partial charge in [0.25, 0.3) is 0 Å². The zero-order valence-corrected chi connectivity index (χ0v) is 11.9. The molecule has 1 N–H and O–H groups in total. The highest BCUT2D eigenvalue weighted by Gasteiger charge is 2.28. The molecular formula is C13H26N4O. The van der Waals surface area contributed by atoms with Crippen LogP contribution in [0.15, 0.2) is 0 Å². The molecule has 0 spiro atoms. The number of carbonyl (C=O) groups is 1. The molecular weight excluding hydrogens is 228 g/mol. The van der Waals surface area contributed by atoms with Gasteiger partial charge in [0.1, 0.15) is 0 Å². The maximum Gasteiger partial charge on any atom is 0.240 e. The second-order valence-corrected chi connectivity index (χ2v) is 5.90. The third-order valence-corrected chi connectivity index (χ3v) is 4.07. The molecule has 0 aliphatic carbocycles. The Labute approximate surface area is 110 Å². The van der Waals surface area contributed by atoms with Gasteiger partial charge in [-0.2, -0.15) is 0 Å². The highest BCUT2D eigenvalue weighted by molar-refractivity contribution is 5.82. The molecule has 1 amide bonds. The van der Waals surface area contributed by atoms with Crippen LogP contribution in [0.2, 0.25) is 0 Å². The fraction of sp³-hybridized carbons (Fsp3) is 0.923. The third kappa shape index (κ3) is 3.43. The van der Waals surface area contributed by atoms with Crippen LogP contribution in [-0.2, 0) is 4.79 Å². The van der Waals surface area contributed by atoms with Gasteiger partial charge in [-0.3, -0.25) is 4.79 Å². The van der Waals surface area contributed by atoms with Crippen molar-refractivity contribution in [2.45, 2.75) is 12.5 Å². The molecule has 0 aromatic heterocycles. The summed E-state index contributed by atoms with van der Waals surface area (Å²) in [6, 6.07) is -0.0205. The smallest absolute Gasteiger partial charge is 0.240 e. The van der Waals surface area contributed by atoms with Crippen LogP contribution < -0.4 is 5.32 Å². The number of likely N-dealkylation sites (tertiary alicyclic amines) is 1. The van der Waals surface area contributed by atoms with E-state index in [0.717, 1.165) is 39.3 Å². The van der Waals surface area contributed by atoms with Crippen LogP contribution in [0.5, 0.6) is 0 Å². The summed E-state index contributed by atoms with van der Waals surface area (Å²) in [4.78, 5) is 18.8. The number of amides is 1. The van der Waals surface area contributed by atoms with Crippen molar-refractivity contribution < 1.29 is 4.79 Å². The SMILES string of the molecule is CN1CCC(CN(C)C(=O)C2CN(C)CCN2)C1. The van der Waals surface area contributed by atoms with Crippen LogP contribution in [0.3, 0.4) is 0 Å². The monoisotopic (exact) mass is 254 g/mol. The standard InChI is InChI=1S/C13H26N4O/c1-15-6-4-11(8-15)9-17(3)13(18)12-10-16(2)7-5-14-12/h11-12,14H,4-10H2,1-3H3. The molecule has 5 heteroatoms. The largest absolute Gasteiger partial charge is 0.344 e. The van der Waals surface area contributed by atoms with E-state index in [1.54, 1.807) is 0 Å². The van der Waals surface area contributed by atoms with Crippen LogP contribution in [0.4, 0.5) is 0 Å². The van der Waals surface area contributed by atoms with Crippen LogP contribution in [0, 0.1) is 5.92 Å². The average Bonchev–Trinajstić information content (AvgIpc) is 2.73. The summed E-state index contributed by atoms with van der Waals surface area (Å²) in [6.45, 7) is 5.94. The molecule has 2 unspecified atom stereocenters. The van der Waals surface area contributed by atoms with E-state index in [4.69, 9.17) is 0 Å². The molecule has 2 fully saturated rings. The molecule has 2 heterocycles. The Balaban J connectivity index is 1.80. The Bertz CT molecular complexity index is 297. The summed E-state index contributed by atoms with van der Waals surface area (Å²) >= 11 is 0. The first kappa shape index (κ1) is 13.8. The summed E-state index contributed by atoms with van der Waals surface area (Å²) in [5, 5.41) is 3.32. The summed E-state index contributed by atoms with van der Waals surface area (Å²) in [5.74, 6) is 0.890. The molecule has 0 saturated carbocycles. The van der Waals surface area contributed by atoms with Gasteiger partial charge < -0.3 is 20.0 Å². The van der Waals surface area contributed by atoms with Crippen molar-refractivity contribution in [2.75, 3.05) is 60.4 Å². The molecule has 0 radical (unpaired) electrons. The molecule has 2 saturated heterocycles. The lowest BCUT2D eigenvalue weighted by atomic mass is 10.1. The van der Waals surface area contributed by atoms with E-state index in [1.807, 2.05) is 11.9 Å². The first-order valence-electron chi connectivity index (χ1n) is 6.91. The zero-order valence-electron chi connectivity index (χ0n) is 11.9. The highest BCUT2D eigenvalue weighted by Crippen LogP contribution is 2.15. The van der Waals surface area contributed by atoms with Crippen molar-refractivity contribution in [3.8, 4) is 0 Å². The van der Waals surface area contributed by atoms with E-state index >= 15 is 0 Å². The second kappa shape index (κ2) is 5.99. The summed E-state index contributed by atoms with van der Waals surface area (Å²) < 4.78 is 0. The first-order chi connectivity index (χ1) is 8.56. The van der Waals surface area contributed by atoms with Crippen molar-refractivity contribution in [3.05, 3.63) is 0 Å². The van der Waals surface area contributed by atoms with Crippen LogP contribution in [0.25, 0.3) is 0 Å². The van der Waals surface area contributed by atoms with Gasteiger partial charge in [-0.25, -0.2) is 0 Å². The molecule has 2 aliphatic heterocycles. The minimum absolute atomic E-state index is 0.0205. The van der Waals surface area contributed by atoms with Gasteiger partial charge >= 0.3 is 0 Å². The van der Waals surface area contributed by atoms with Crippen molar-refractivity contribution >= 4 is 5.91 Å². The average molecular weight is 254 g/mol. The number of piperazine rings is 1. The van der Waals surface area contributed by atoms with Crippen LogP contribution in [-0.4, -0.2) is 87.1 Å². The van der Waals surface area contributed by atoms with Crippen LogP contribution in [0.1, 0.15) is 6.42 Å². The molecule has 104 valence electrons. The molecule has 2 aliphatic rings. The number of carbonyl (C=O) groups excluding carboxylic acids is 1. The summed E-state index contributed by atoms with van der Waals surface area (Å²) in [6.07, 6.45) is 1.21. The quantitative estimate of drug-likeness (QED) is 0.723. The van der Waals surface area contributed by atoms with E-state index in [-0.39, 0.29) is 11.9 Å². The number of nitrogens with zero attached hydrogens (tertiary/aromatic N) is 3. The summed E-state index contributed by atoms with van der Waals surface area (Å²) in [7, 11) is 6.17. The van der Waals surface area contributed by atoms with Crippen molar-refractivity contribution in [3.63, 3.8) is 0 Å². The molecule has 0 bridgehead atoms. The topological polar surface area (TPSA) is 38.8 Å². The Hall–Kier alpha value is -0.650. The number of nitrogens with one attached hydrogen (secondary N) is 1. The van der Waals surface area contributed by atoms with Crippen molar-refractivity contribution in [2.24, 2.45) is 5.92 Å². The zero-order chi connectivity index (χ0) is 13.1. The minimum atomic E-state index is -0.0205. The molecule has 18 heavy (non-hydrogen) atoms. The lowest BCUT2D eigenvalue weighted by Crippen LogP contribution is -2.56. The normalized spacial score (nSPS) is 30.6. The Morgan fingerprint density at radius 1 is 1.28 bits per heavy atom. The van der Waals surface area contributed by atoms with Gasteiger partial charge in [0.15, 0.2) is 0 Å². The number of rotatable bonds is 3.